The molecule has 0 bridgehead atoms. The van der Waals surface area contributed by atoms with Crippen molar-refractivity contribution in [2.45, 2.75) is 31.9 Å². The lowest BCUT2D eigenvalue weighted by atomic mass is 10.1. The molecule has 0 aromatic heterocycles. The van der Waals surface area contributed by atoms with Crippen LogP contribution in [0.15, 0.2) is 18.2 Å². The van der Waals surface area contributed by atoms with Gasteiger partial charge < -0.3 is 20.1 Å². The summed E-state index contributed by atoms with van der Waals surface area (Å²) in [5.41, 5.74) is 0.525. The van der Waals surface area contributed by atoms with E-state index in [0.29, 0.717) is 24.0 Å². The molecule has 1 atom stereocenters. The predicted molar refractivity (Wildman–Crippen MR) is 73.8 cm³/mol. The highest BCUT2D eigenvalue weighted by Crippen LogP contribution is 2.30. The van der Waals surface area contributed by atoms with Crippen LogP contribution in [0.1, 0.15) is 19.3 Å². The zero-order valence-electron chi connectivity index (χ0n) is 11.5. The zero-order chi connectivity index (χ0) is 14.4. The minimum atomic E-state index is -2.84. The van der Waals surface area contributed by atoms with Gasteiger partial charge in [-0.05, 0) is 31.5 Å². The summed E-state index contributed by atoms with van der Waals surface area (Å²) in [4.78, 5) is 0. The maximum Gasteiger partial charge on any atom is 0.387 e. The van der Waals surface area contributed by atoms with Crippen LogP contribution >= 0.6 is 0 Å². The summed E-state index contributed by atoms with van der Waals surface area (Å²) in [6.07, 6.45) is 3.47. The van der Waals surface area contributed by atoms with Crippen molar-refractivity contribution in [1.29, 1.82) is 0 Å². The minimum absolute atomic E-state index is 0.136. The lowest BCUT2D eigenvalue weighted by molar-refractivity contribution is -0.0493. The summed E-state index contributed by atoms with van der Waals surface area (Å²) in [6, 6.07) is 5.11. The molecule has 1 aliphatic heterocycles. The van der Waals surface area contributed by atoms with Gasteiger partial charge in [0, 0.05) is 18.7 Å². The van der Waals surface area contributed by atoms with Crippen LogP contribution in [0.5, 0.6) is 11.5 Å². The van der Waals surface area contributed by atoms with Crippen molar-refractivity contribution >= 4 is 5.69 Å². The minimum Gasteiger partial charge on any atom is -0.497 e. The molecule has 1 aliphatic rings. The quantitative estimate of drug-likeness (QED) is 0.844. The third-order valence-electron chi connectivity index (χ3n) is 3.35. The van der Waals surface area contributed by atoms with Crippen LogP contribution in [0, 0.1) is 0 Å². The van der Waals surface area contributed by atoms with Crippen LogP contribution < -0.4 is 20.1 Å². The third-order valence-corrected chi connectivity index (χ3v) is 3.35. The molecule has 1 heterocycles. The first-order chi connectivity index (χ1) is 9.69. The maximum atomic E-state index is 12.4. The van der Waals surface area contributed by atoms with Gasteiger partial charge in [-0.25, -0.2) is 0 Å². The first-order valence-corrected chi connectivity index (χ1v) is 6.79. The molecule has 4 nitrogen and oxygen atoms in total. The van der Waals surface area contributed by atoms with E-state index < -0.39 is 6.61 Å². The number of halogens is 2. The zero-order valence-corrected chi connectivity index (χ0v) is 11.5. The number of rotatable bonds is 6. The molecule has 1 aromatic carbocycles. The number of piperidine rings is 1. The highest BCUT2D eigenvalue weighted by Gasteiger charge is 2.15. The molecule has 112 valence electrons. The Labute approximate surface area is 117 Å². The van der Waals surface area contributed by atoms with Gasteiger partial charge in [-0.1, -0.05) is 6.42 Å². The fourth-order valence-corrected chi connectivity index (χ4v) is 2.30. The fraction of sp³-hybridized carbons (Fsp3) is 0.571. The molecule has 20 heavy (non-hydrogen) atoms. The molecule has 0 aliphatic carbocycles. The summed E-state index contributed by atoms with van der Waals surface area (Å²) in [5, 5.41) is 6.56. The molecular formula is C14H20F2N2O2. The van der Waals surface area contributed by atoms with Gasteiger partial charge in [0.15, 0.2) is 0 Å². The van der Waals surface area contributed by atoms with E-state index in [9.17, 15) is 8.78 Å². The molecular weight excluding hydrogens is 266 g/mol. The van der Waals surface area contributed by atoms with E-state index in [1.807, 2.05) is 0 Å². The van der Waals surface area contributed by atoms with Crippen molar-refractivity contribution < 1.29 is 18.3 Å². The number of nitrogens with one attached hydrogen (secondary N) is 2. The van der Waals surface area contributed by atoms with E-state index in [-0.39, 0.29) is 5.75 Å². The van der Waals surface area contributed by atoms with Crippen LogP contribution in [0.3, 0.4) is 0 Å². The molecule has 2 rings (SSSR count). The SMILES string of the molecule is COc1ccc(OC(F)F)c(NCC2CCCCN2)c1. The normalized spacial score (nSPS) is 18.9. The summed E-state index contributed by atoms with van der Waals surface area (Å²) in [5.74, 6) is 0.738. The molecule has 1 saturated heterocycles. The van der Waals surface area contributed by atoms with Crippen molar-refractivity contribution in [2.75, 3.05) is 25.5 Å². The van der Waals surface area contributed by atoms with Gasteiger partial charge >= 0.3 is 6.61 Å². The Morgan fingerprint density at radius 1 is 1.40 bits per heavy atom. The van der Waals surface area contributed by atoms with Crippen LogP contribution in [-0.2, 0) is 0 Å². The largest absolute Gasteiger partial charge is 0.497 e. The summed E-state index contributed by atoms with van der Waals surface area (Å²) < 4.78 is 34.4. The lowest BCUT2D eigenvalue weighted by Crippen LogP contribution is -2.39. The van der Waals surface area contributed by atoms with E-state index >= 15 is 0 Å². The number of benzene rings is 1. The Hall–Kier alpha value is -1.56. The van der Waals surface area contributed by atoms with Crippen LogP contribution in [0.2, 0.25) is 0 Å². The van der Waals surface area contributed by atoms with Gasteiger partial charge in [-0.15, -0.1) is 0 Å². The molecule has 0 radical (unpaired) electrons. The second-order valence-electron chi connectivity index (χ2n) is 4.77. The van der Waals surface area contributed by atoms with Gasteiger partial charge in [0.05, 0.1) is 12.8 Å². The standard InChI is InChI=1S/C14H20F2N2O2/c1-19-11-5-6-13(20-14(15)16)12(8-11)18-9-10-4-2-3-7-17-10/h5-6,8,10,14,17-18H,2-4,7,9H2,1H3. The molecule has 0 saturated carbocycles. The molecule has 1 fully saturated rings. The smallest absolute Gasteiger partial charge is 0.387 e. The molecule has 1 aromatic rings. The van der Waals surface area contributed by atoms with Gasteiger partial charge in [-0.3, -0.25) is 0 Å². The van der Waals surface area contributed by atoms with E-state index in [1.165, 1.54) is 26.0 Å². The fourth-order valence-electron chi connectivity index (χ4n) is 2.30. The summed E-state index contributed by atoms with van der Waals surface area (Å²) >= 11 is 0. The Morgan fingerprint density at radius 2 is 2.25 bits per heavy atom. The van der Waals surface area contributed by atoms with Gasteiger partial charge in [0.1, 0.15) is 11.5 Å². The predicted octanol–water partition coefficient (Wildman–Crippen LogP) is 2.85. The third kappa shape index (κ3) is 4.23. The lowest BCUT2D eigenvalue weighted by Gasteiger charge is -2.24. The topological polar surface area (TPSA) is 42.5 Å². The van der Waals surface area contributed by atoms with Gasteiger partial charge in [0.25, 0.3) is 0 Å². The second kappa shape index (κ2) is 7.28. The second-order valence-corrected chi connectivity index (χ2v) is 4.77. The first kappa shape index (κ1) is 14.8. The molecule has 6 heteroatoms. The molecule has 2 N–H and O–H groups in total. The molecule has 0 amide bonds. The number of hydrogen-bond acceptors (Lipinski definition) is 4. The van der Waals surface area contributed by atoms with Crippen LogP contribution in [-0.4, -0.2) is 32.9 Å². The Balaban J connectivity index is 2.02. The summed E-state index contributed by atoms with van der Waals surface area (Å²) in [7, 11) is 1.54. The Bertz CT molecular complexity index is 424. The number of hydrogen-bond donors (Lipinski definition) is 2. The summed E-state index contributed by atoms with van der Waals surface area (Å²) in [6.45, 7) is -1.16. The maximum absolute atomic E-state index is 12.4. The van der Waals surface area contributed by atoms with Crippen molar-refractivity contribution in [2.24, 2.45) is 0 Å². The average molecular weight is 286 g/mol. The van der Waals surface area contributed by atoms with Crippen molar-refractivity contribution in [1.82, 2.24) is 5.32 Å². The van der Waals surface area contributed by atoms with Gasteiger partial charge in [-0.2, -0.15) is 8.78 Å². The van der Waals surface area contributed by atoms with Gasteiger partial charge in [0.2, 0.25) is 0 Å². The van der Waals surface area contributed by atoms with Crippen molar-refractivity contribution in [3.05, 3.63) is 18.2 Å². The van der Waals surface area contributed by atoms with E-state index in [2.05, 4.69) is 15.4 Å². The van der Waals surface area contributed by atoms with E-state index in [1.54, 1.807) is 12.1 Å². The highest BCUT2D eigenvalue weighted by atomic mass is 19.3. The average Bonchev–Trinajstić information content (AvgIpc) is 2.47. The molecule has 1 unspecified atom stereocenters. The Kier molecular flexibility index (Phi) is 5.40. The monoisotopic (exact) mass is 286 g/mol. The van der Waals surface area contributed by atoms with Crippen molar-refractivity contribution in [3.63, 3.8) is 0 Å². The van der Waals surface area contributed by atoms with Crippen molar-refractivity contribution in [3.8, 4) is 11.5 Å². The Morgan fingerprint density at radius 3 is 2.90 bits per heavy atom. The van der Waals surface area contributed by atoms with E-state index in [0.717, 1.165) is 13.0 Å². The van der Waals surface area contributed by atoms with Crippen LogP contribution in [0.4, 0.5) is 14.5 Å². The first-order valence-electron chi connectivity index (χ1n) is 6.79. The number of ether oxygens (including phenoxy) is 2. The highest BCUT2D eigenvalue weighted by molar-refractivity contribution is 5.59. The number of alkyl halides is 2. The number of anilines is 1. The molecule has 0 spiro atoms. The van der Waals surface area contributed by atoms with Crippen LogP contribution in [0.25, 0.3) is 0 Å². The number of methoxy groups -OCH3 is 1. The van der Waals surface area contributed by atoms with E-state index in [4.69, 9.17) is 4.74 Å².